The minimum Gasteiger partial charge on any atom is -0.440 e. The number of ether oxygens (including phenoxy) is 1. The van der Waals surface area contributed by atoms with Crippen LogP contribution >= 0.6 is 11.3 Å². The molecule has 2 aromatic carbocycles. The number of hydrogen-bond acceptors (Lipinski definition) is 4. The van der Waals surface area contributed by atoms with Crippen LogP contribution in [-0.2, 0) is 0 Å². The summed E-state index contributed by atoms with van der Waals surface area (Å²) < 4.78 is 8.66. The van der Waals surface area contributed by atoms with Gasteiger partial charge >= 0.3 is 0 Å². The number of benzene rings is 2. The van der Waals surface area contributed by atoms with E-state index in [2.05, 4.69) is 0 Å². The fourth-order valence-corrected chi connectivity index (χ4v) is 4.52. The Morgan fingerprint density at radius 2 is 1.73 bits per heavy atom. The molecular weight excluding hydrogens is 346 g/mol. The molecule has 1 N–H and O–H groups in total. The van der Waals surface area contributed by atoms with E-state index in [1.54, 1.807) is 18.3 Å². The van der Waals surface area contributed by atoms with Crippen molar-refractivity contribution in [3.05, 3.63) is 51.7 Å². The monoisotopic (exact) mass is 372 g/mol. The van der Waals surface area contributed by atoms with Gasteiger partial charge in [0.1, 0.15) is 11.9 Å². The first-order valence-corrected chi connectivity index (χ1v) is 9.54. The number of hydrogen-bond donors (Lipinski definition) is 1. The molecule has 0 aliphatic carbocycles. The summed E-state index contributed by atoms with van der Waals surface area (Å²) in [5.41, 5.74) is 2.08. The van der Waals surface area contributed by atoms with E-state index in [4.69, 9.17) is 4.74 Å². The predicted molar refractivity (Wildman–Crippen MR) is 109 cm³/mol. The molecule has 4 nitrogen and oxygen atoms in total. The van der Waals surface area contributed by atoms with Crippen LogP contribution in [0.2, 0.25) is 0 Å². The van der Waals surface area contributed by atoms with E-state index >= 15 is 0 Å². The Hall–Kier alpha value is -1.95. The van der Waals surface area contributed by atoms with Crippen LogP contribution in [0.1, 0.15) is 18.1 Å². The first-order valence-electron chi connectivity index (χ1n) is 8.73. The van der Waals surface area contributed by atoms with Gasteiger partial charge in [0.15, 0.2) is 5.43 Å². The van der Waals surface area contributed by atoms with Gasteiger partial charge in [-0.1, -0.05) is 12.1 Å². The first-order chi connectivity index (χ1) is 12.1. The fraction of sp³-hybridized carbons (Fsp3) is 0.381. The summed E-state index contributed by atoms with van der Waals surface area (Å²) in [7, 11) is 5.94. The van der Waals surface area contributed by atoms with Crippen molar-refractivity contribution >= 4 is 31.5 Å². The zero-order valence-corrected chi connectivity index (χ0v) is 17.0. The summed E-state index contributed by atoms with van der Waals surface area (Å²) in [5.74, 6) is 0.661. The highest BCUT2D eigenvalue weighted by Crippen LogP contribution is 2.34. The number of aryl methyl sites for hydroxylation is 1. The van der Waals surface area contributed by atoms with Gasteiger partial charge in [-0.25, -0.2) is 0 Å². The maximum atomic E-state index is 13.0. The average molecular weight is 373 g/mol. The second kappa shape index (κ2) is 6.65. The van der Waals surface area contributed by atoms with Gasteiger partial charge in [0.2, 0.25) is 0 Å². The normalized spacial score (nSPS) is 14.6. The highest BCUT2D eigenvalue weighted by Gasteiger charge is 2.31. The van der Waals surface area contributed by atoms with Gasteiger partial charge in [-0.2, -0.15) is 0 Å². The molecule has 2 unspecified atom stereocenters. The van der Waals surface area contributed by atoms with Crippen LogP contribution in [0, 0.1) is 13.8 Å². The van der Waals surface area contributed by atoms with Crippen LogP contribution in [0.5, 0.6) is 5.75 Å². The van der Waals surface area contributed by atoms with Crippen LogP contribution in [-0.4, -0.2) is 43.1 Å². The number of quaternary nitrogens is 1. The van der Waals surface area contributed by atoms with E-state index in [0.717, 1.165) is 25.9 Å². The molecule has 3 rings (SSSR count). The third-order valence-electron chi connectivity index (χ3n) is 4.80. The van der Waals surface area contributed by atoms with Crippen molar-refractivity contribution in [2.45, 2.75) is 33.1 Å². The molecule has 1 aromatic heterocycles. The molecule has 0 saturated carbocycles. The van der Waals surface area contributed by atoms with Crippen molar-refractivity contribution < 1.29 is 14.3 Å². The average Bonchev–Trinajstić information content (AvgIpc) is 2.56. The van der Waals surface area contributed by atoms with E-state index in [0.29, 0.717) is 15.6 Å². The van der Waals surface area contributed by atoms with Crippen molar-refractivity contribution in [1.29, 1.82) is 0 Å². The molecule has 3 aromatic rings. The third kappa shape index (κ3) is 3.22. The highest BCUT2D eigenvalue weighted by atomic mass is 32.1. The van der Waals surface area contributed by atoms with Crippen molar-refractivity contribution in [2.24, 2.45) is 0 Å². The van der Waals surface area contributed by atoms with Crippen LogP contribution in [0.25, 0.3) is 20.2 Å². The Morgan fingerprint density at radius 1 is 1.08 bits per heavy atom. The maximum absolute atomic E-state index is 13.0. The summed E-state index contributed by atoms with van der Waals surface area (Å²) in [6, 6.07) is 9.54. The summed E-state index contributed by atoms with van der Waals surface area (Å²) in [6.07, 6.45) is -1.07. The van der Waals surface area contributed by atoms with E-state index < -0.39 is 12.3 Å². The largest absolute Gasteiger partial charge is 0.440 e. The second-order valence-corrected chi connectivity index (χ2v) is 8.85. The number of nitrogens with zero attached hydrogens (tertiary/aromatic N) is 1. The molecule has 1 heterocycles. The second-order valence-electron chi connectivity index (χ2n) is 7.79. The Labute approximate surface area is 157 Å². The lowest BCUT2D eigenvalue weighted by atomic mass is 10.0. The number of likely N-dealkylation sites (N-methyl/N-ethyl adjacent to an activating group) is 1. The SMILES string of the molecule is Cc1c(OC(C(C)O)[N+](C)(C)C)cc2c(=O)c3ccccc3sc2c1C. The molecule has 0 amide bonds. The smallest absolute Gasteiger partial charge is 0.258 e. The van der Waals surface area contributed by atoms with Gasteiger partial charge in [-0.05, 0) is 50.1 Å². The first kappa shape index (κ1) is 18.8. The van der Waals surface area contributed by atoms with E-state index in [-0.39, 0.29) is 5.43 Å². The lowest BCUT2D eigenvalue weighted by molar-refractivity contribution is -0.918. The summed E-state index contributed by atoms with van der Waals surface area (Å²) >= 11 is 1.64. The maximum Gasteiger partial charge on any atom is 0.258 e. The minimum absolute atomic E-state index is 0.0288. The molecule has 2 atom stereocenters. The number of fused-ring (bicyclic) bond motifs is 2. The molecule has 0 fully saturated rings. The van der Waals surface area contributed by atoms with E-state index in [9.17, 15) is 9.90 Å². The molecule has 138 valence electrons. The molecule has 0 aliphatic rings. The van der Waals surface area contributed by atoms with E-state index in [1.165, 1.54) is 0 Å². The topological polar surface area (TPSA) is 46.5 Å². The van der Waals surface area contributed by atoms with Crippen molar-refractivity contribution in [3.63, 3.8) is 0 Å². The van der Waals surface area contributed by atoms with Gasteiger partial charge in [-0.3, -0.25) is 9.28 Å². The Kier molecular flexibility index (Phi) is 4.82. The highest BCUT2D eigenvalue weighted by molar-refractivity contribution is 7.24. The Morgan fingerprint density at radius 3 is 2.35 bits per heavy atom. The van der Waals surface area contributed by atoms with Crippen LogP contribution in [0.15, 0.2) is 35.1 Å². The van der Waals surface area contributed by atoms with Crippen LogP contribution in [0.3, 0.4) is 0 Å². The number of aliphatic hydroxyl groups excluding tert-OH is 1. The van der Waals surface area contributed by atoms with Crippen molar-refractivity contribution in [3.8, 4) is 5.75 Å². The number of rotatable bonds is 4. The summed E-state index contributed by atoms with van der Waals surface area (Å²) in [4.78, 5) is 13.0. The van der Waals surface area contributed by atoms with Gasteiger partial charge < -0.3 is 9.84 Å². The van der Waals surface area contributed by atoms with Gasteiger partial charge in [-0.15, -0.1) is 11.3 Å². The van der Waals surface area contributed by atoms with E-state index in [1.807, 2.05) is 65.3 Å². The zero-order chi connectivity index (χ0) is 19.2. The van der Waals surface area contributed by atoms with Crippen molar-refractivity contribution in [2.75, 3.05) is 21.1 Å². The van der Waals surface area contributed by atoms with Gasteiger partial charge in [0, 0.05) is 20.2 Å². The molecule has 0 saturated heterocycles. The Balaban J connectivity index is 2.25. The minimum atomic E-state index is -0.642. The summed E-state index contributed by atoms with van der Waals surface area (Å²) in [6.45, 7) is 5.76. The summed E-state index contributed by atoms with van der Waals surface area (Å²) in [5, 5.41) is 11.6. The number of aliphatic hydroxyl groups is 1. The van der Waals surface area contributed by atoms with Gasteiger partial charge in [0.25, 0.3) is 6.23 Å². The quantitative estimate of drug-likeness (QED) is 0.430. The lowest BCUT2D eigenvalue weighted by Crippen LogP contribution is -2.54. The van der Waals surface area contributed by atoms with Crippen molar-refractivity contribution in [1.82, 2.24) is 0 Å². The lowest BCUT2D eigenvalue weighted by Gasteiger charge is -2.35. The third-order valence-corrected chi connectivity index (χ3v) is 6.11. The van der Waals surface area contributed by atoms with Crippen LogP contribution in [0.4, 0.5) is 0 Å². The van der Waals surface area contributed by atoms with Crippen LogP contribution < -0.4 is 10.2 Å². The molecule has 26 heavy (non-hydrogen) atoms. The molecule has 0 aliphatic heterocycles. The standard InChI is InChI=1S/C21H26NO3S/c1-12-13(2)20-16(19(24)15-9-7-8-10-18(15)26-20)11-17(12)25-21(14(3)23)22(4,5)6/h7-11,14,21,23H,1-6H3/q+1. The zero-order valence-electron chi connectivity index (χ0n) is 16.2. The fourth-order valence-electron chi connectivity index (χ4n) is 3.32. The molecule has 0 radical (unpaired) electrons. The predicted octanol–water partition coefficient (Wildman–Crippen LogP) is 3.82. The van der Waals surface area contributed by atoms with Gasteiger partial charge in [0.05, 0.1) is 21.1 Å². The molecular formula is C21H26NO3S+. The Bertz CT molecular complexity index is 1030. The molecule has 0 spiro atoms. The molecule has 0 bridgehead atoms. The molecule has 5 heteroatoms.